The zero-order valence-corrected chi connectivity index (χ0v) is 9.55. The minimum absolute atomic E-state index is 0.00602. The fraction of sp³-hybridized carbons (Fsp3) is 0.727. The molecule has 0 bridgehead atoms. The molecule has 0 fully saturated rings. The summed E-state index contributed by atoms with van der Waals surface area (Å²) >= 11 is 0. The van der Waals surface area contributed by atoms with Crippen LogP contribution in [0, 0.1) is 18.3 Å². The van der Waals surface area contributed by atoms with Crippen LogP contribution in [0.15, 0.2) is 0 Å². The van der Waals surface area contributed by atoms with E-state index >= 15 is 0 Å². The number of esters is 1. The lowest BCUT2D eigenvalue weighted by atomic mass is 9.99. The molecule has 0 aromatic heterocycles. The molecule has 14 heavy (non-hydrogen) atoms. The average molecular weight is 197 g/mol. The second-order valence-electron chi connectivity index (χ2n) is 4.01. The van der Waals surface area contributed by atoms with Crippen LogP contribution in [0.25, 0.3) is 0 Å². The van der Waals surface area contributed by atoms with Crippen LogP contribution >= 0.6 is 0 Å². The Morgan fingerprint density at radius 3 is 2.36 bits per heavy atom. The summed E-state index contributed by atoms with van der Waals surface area (Å²) in [6, 6.07) is -0.00602. The largest absolute Gasteiger partial charge is 0.469 e. The molecular formula is C11H19NO2. The number of hydrogen-bond donors (Lipinski definition) is 1. The lowest BCUT2D eigenvalue weighted by molar-refractivity contribution is -0.145. The number of ether oxygens (including phenoxy) is 1. The minimum atomic E-state index is -0.401. The van der Waals surface area contributed by atoms with Crippen molar-refractivity contribution in [3.63, 3.8) is 0 Å². The van der Waals surface area contributed by atoms with E-state index in [0.29, 0.717) is 0 Å². The third-order valence-corrected chi connectivity index (χ3v) is 2.27. The first-order valence-corrected chi connectivity index (χ1v) is 4.67. The highest BCUT2D eigenvalue weighted by atomic mass is 16.5. The van der Waals surface area contributed by atoms with Crippen LogP contribution in [0.5, 0.6) is 0 Å². The van der Waals surface area contributed by atoms with Crippen LogP contribution in [0.4, 0.5) is 0 Å². The van der Waals surface area contributed by atoms with Gasteiger partial charge in [0.1, 0.15) is 0 Å². The maximum Gasteiger partial charge on any atom is 0.309 e. The third-order valence-electron chi connectivity index (χ3n) is 2.27. The lowest BCUT2D eigenvalue weighted by Gasteiger charge is -2.27. The second kappa shape index (κ2) is 5.02. The highest BCUT2D eigenvalue weighted by Gasteiger charge is 2.25. The van der Waals surface area contributed by atoms with Crippen molar-refractivity contribution in [2.45, 2.75) is 39.3 Å². The van der Waals surface area contributed by atoms with E-state index in [1.807, 2.05) is 27.7 Å². The Labute approximate surface area is 86.2 Å². The summed E-state index contributed by atoms with van der Waals surface area (Å²) in [6.07, 6.45) is 5.33. The number of hydrogen-bond acceptors (Lipinski definition) is 3. The monoisotopic (exact) mass is 197 g/mol. The third kappa shape index (κ3) is 3.80. The van der Waals surface area contributed by atoms with E-state index in [9.17, 15) is 4.79 Å². The normalized spacial score (nSPS) is 15.4. The molecule has 1 N–H and O–H groups in total. The first-order valence-electron chi connectivity index (χ1n) is 4.67. The molecule has 0 aromatic carbocycles. The van der Waals surface area contributed by atoms with Crippen LogP contribution < -0.4 is 5.32 Å². The van der Waals surface area contributed by atoms with Gasteiger partial charge in [0, 0.05) is 6.04 Å². The molecule has 0 aliphatic rings. The van der Waals surface area contributed by atoms with E-state index in [-0.39, 0.29) is 17.9 Å². The van der Waals surface area contributed by atoms with Crippen LogP contribution in [0.2, 0.25) is 0 Å². The number of carbonyl (C=O) groups is 1. The van der Waals surface area contributed by atoms with Crippen molar-refractivity contribution in [2.24, 2.45) is 5.92 Å². The molecule has 80 valence electrons. The molecule has 0 aromatic rings. The van der Waals surface area contributed by atoms with Gasteiger partial charge in [0.15, 0.2) is 0 Å². The van der Waals surface area contributed by atoms with Gasteiger partial charge in [-0.2, -0.15) is 0 Å². The highest BCUT2D eigenvalue weighted by molar-refractivity contribution is 5.72. The Morgan fingerprint density at radius 1 is 1.50 bits per heavy atom. The zero-order chi connectivity index (χ0) is 11.4. The Morgan fingerprint density at radius 2 is 2.00 bits per heavy atom. The van der Waals surface area contributed by atoms with Gasteiger partial charge in [0.2, 0.25) is 0 Å². The molecule has 3 heteroatoms. The number of terminal acetylenes is 1. The second-order valence-corrected chi connectivity index (χ2v) is 4.01. The van der Waals surface area contributed by atoms with E-state index < -0.39 is 5.54 Å². The summed E-state index contributed by atoms with van der Waals surface area (Å²) in [5.74, 6) is 2.20. The predicted octanol–water partition coefficient (Wildman–Crippen LogP) is 1.19. The topological polar surface area (TPSA) is 38.3 Å². The molecule has 2 unspecified atom stereocenters. The summed E-state index contributed by atoms with van der Waals surface area (Å²) in [5, 5.41) is 3.18. The van der Waals surface area contributed by atoms with Gasteiger partial charge in [0.25, 0.3) is 0 Å². The van der Waals surface area contributed by atoms with Gasteiger partial charge >= 0.3 is 5.97 Å². The van der Waals surface area contributed by atoms with Gasteiger partial charge in [-0.1, -0.05) is 12.8 Å². The van der Waals surface area contributed by atoms with E-state index in [4.69, 9.17) is 6.42 Å². The van der Waals surface area contributed by atoms with Crippen LogP contribution in [0.1, 0.15) is 27.7 Å². The molecule has 0 amide bonds. The van der Waals surface area contributed by atoms with Gasteiger partial charge in [-0.3, -0.25) is 10.1 Å². The van der Waals surface area contributed by atoms with Crippen molar-refractivity contribution < 1.29 is 9.53 Å². The van der Waals surface area contributed by atoms with Gasteiger partial charge in [-0.15, -0.1) is 6.42 Å². The zero-order valence-electron chi connectivity index (χ0n) is 9.55. The number of methoxy groups -OCH3 is 1. The lowest BCUT2D eigenvalue weighted by Crippen LogP contribution is -2.48. The first kappa shape index (κ1) is 13.0. The summed E-state index contributed by atoms with van der Waals surface area (Å²) in [6.45, 7) is 7.53. The summed E-state index contributed by atoms with van der Waals surface area (Å²) in [7, 11) is 1.39. The fourth-order valence-corrected chi connectivity index (χ4v) is 1.13. The predicted molar refractivity (Wildman–Crippen MR) is 56.7 cm³/mol. The number of carbonyl (C=O) groups excluding carboxylic acids is 1. The van der Waals surface area contributed by atoms with Crippen LogP contribution in [-0.4, -0.2) is 24.7 Å². The maximum absolute atomic E-state index is 11.2. The van der Waals surface area contributed by atoms with Crippen molar-refractivity contribution in [2.75, 3.05) is 7.11 Å². The molecule has 0 radical (unpaired) electrons. The smallest absolute Gasteiger partial charge is 0.309 e. The van der Waals surface area contributed by atoms with Crippen molar-refractivity contribution in [1.82, 2.24) is 5.32 Å². The number of nitrogens with one attached hydrogen (secondary N) is 1. The van der Waals surface area contributed by atoms with Crippen LogP contribution in [0.3, 0.4) is 0 Å². The standard InChI is InChI=1S/C11H19NO2/c1-7-11(4,5)12-9(3)8(2)10(13)14-6/h1,8-9,12H,2-6H3. The molecular weight excluding hydrogens is 178 g/mol. The Bertz CT molecular complexity index is 240. The van der Waals surface area contributed by atoms with E-state index in [1.54, 1.807) is 0 Å². The van der Waals surface area contributed by atoms with Gasteiger partial charge in [0.05, 0.1) is 18.6 Å². The SMILES string of the molecule is C#CC(C)(C)NC(C)C(C)C(=O)OC. The van der Waals surface area contributed by atoms with E-state index in [1.165, 1.54) is 7.11 Å². The molecule has 0 rings (SSSR count). The summed E-state index contributed by atoms with van der Waals surface area (Å²) < 4.78 is 4.65. The fourth-order valence-electron chi connectivity index (χ4n) is 1.13. The van der Waals surface area contributed by atoms with Crippen molar-refractivity contribution >= 4 is 5.97 Å². The van der Waals surface area contributed by atoms with Gasteiger partial charge in [-0.25, -0.2) is 0 Å². The molecule has 0 aliphatic heterocycles. The van der Waals surface area contributed by atoms with Gasteiger partial charge in [-0.05, 0) is 20.8 Å². The maximum atomic E-state index is 11.2. The quantitative estimate of drug-likeness (QED) is 0.543. The highest BCUT2D eigenvalue weighted by Crippen LogP contribution is 2.09. The molecule has 0 spiro atoms. The molecule has 3 nitrogen and oxygen atoms in total. The summed E-state index contributed by atoms with van der Waals surface area (Å²) in [4.78, 5) is 11.2. The molecule has 0 aliphatic carbocycles. The average Bonchev–Trinajstić information content (AvgIpc) is 2.14. The molecule has 0 saturated carbocycles. The molecule has 2 atom stereocenters. The minimum Gasteiger partial charge on any atom is -0.469 e. The number of rotatable bonds is 4. The first-order chi connectivity index (χ1) is 6.34. The Balaban J connectivity index is 4.29. The van der Waals surface area contributed by atoms with E-state index in [2.05, 4.69) is 16.0 Å². The Hall–Kier alpha value is -1.01. The Kier molecular flexibility index (Phi) is 4.65. The molecule has 0 heterocycles. The van der Waals surface area contributed by atoms with Crippen molar-refractivity contribution in [3.8, 4) is 12.3 Å². The van der Waals surface area contributed by atoms with Crippen LogP contribution in [-0.2, 0) is 9.53 Å². The molecule has 0 saturated heterocycles. The summed E-state index contributed by atoms with van der Waals surface area (Å²) in [5.41, 5.74) is -0.401. The van der Waals surface area contributed by atoms with Gasteiger partial charge < -0.3 is 4.74 Å². The van der Waals surface area contributed by atoms with Crippen molar-refractivity contribution in [3.05, 3.63) is 0 Å². The van der Waals surface area contributed by atoms with E-state index in [0.717, 1.165) is 0 Å². The van der Waals surface area contributed by atoms with Crippen molar-refractivity contribution in [1.29, 1.82) is 0 Å².